The van der Waals surface area contributed by atoms with Gasteiger partial charge in [0.2, 0.25) is 6.43 Å². The van der Waals surface area contributed by atoms with E-state index in [0.29, 0.717) is 4.47 Å². The van der Waals surface area contributed by atoms with Crippen molar-refractivity contribution in [2.24, 2.45) is 5.14 Å². The van der Waals surface area contributed by atoms with Crippen molar-refractivity contribution in [2.75, 3.05) is 6.61 Å². The lowest BCUT2D eigenvalue weighted by Crippen LogP contribution is -2.46. The van der Waals surface area contributed by atoms with E-state index in [0.717, 1.165) is 6.07 Å². The molecule has 0 heterocycles. The van der Waals surface area contributed by atoms with Crippen LogP contribution in [-0.2, 0) is 16.4 Å². The molecule has 8 heteroatoms. The molecule has 2 atom stereocenters. The summed E-state index contributed by atoms with van der Waals surface area (Å²) in [4.78, 5) is 0. The van der Waals surface area contributed by atoms with Crippen molar-refractivity contribution >= 4 is 26.9 Å². The lowest BCUT2D eigenvalue weighted by atomic mass is 9.72. The lowest BCUT2D eigenvalue weighted by Gasteiger charge is -2.39. The van der Waals surface area contributed by atoms with Gasteiger partial charge in [0.25, 0.3) is 0 Å². The molecular formula is C14H19BrF3NO2S. The van der Waals surface area contributed by atoms with Crippen LogP contribution in [0.3, 0.4) is 0 Å². The minimum Gasteiger partial charge on any atom is -0.396 e. The molecule has 1 aromatic carbocycles. The molecule has 22 heavy (non-hydrogen) atoms. The SMILES string of the molecule is CC(C)(C[C@@](CCO)(c1cc(Br)ccc1F)C(F)F)S(N)=O. The molecular weight excluding hydrogens is 383 g/mol. The van der Waals surface area contributed by atoms with Gasteiger partial charge in [0, 0.05) is 16.6 Å². The minimum atomic E-state index is -2.95. The molecule has 0 aliphatic carbocycles. The van der Waals surface area contributed by atoms with Crippen molar-refractivity contribution in [3.8, 4) is 0 Å². The maximum Gasteiger partial charge on any atom is 0.248 e. The largest absolute Gasteiger partial charge is 0.396 e. The molecule has 1 unspecified atom stereocenters. The third kappa shape index (κ3) is 4.10. The van der Waals surface area contributed by atoms with Gasteiger partial charge in [-0.2, -0.15) is 0 Å². The minimum absolute atomic E-state index is 0.218. The van der Waals surface area contributed by atoms with Crippen molar-refractivity contribution in [3.05, 3.63) is 34.1 Å². The molecule has 3 N–H and O–H groups in total. The number of rotatable bonds is 7. The highest BCUT2D eigenvalue weighted by Gasteiger charge is 2.48. The third-order valence-corrected chi connectivity index (χ3v) is 5.45. The summed E-state index contributed by atoms with van der Waals surface area (Å²) in [6, 6.07) is 3.76. The van der Waals surface area contributed by atoms with Crippen molar-refractivity contribution in [2.45, 2.75) is 43.3 Å². The normalized spacial score (nSPS) is 16.6. The first-order valence-electron chi connectivity index (χ1n) is 6.57. The fraction of sp³-hybridized carbons (Fsp3) is 0.571. The quantitative estimate of drug-likeness (QED) is 0.736. The van der Waals surface area contributed by atoms with Gasteiger partial charge in [-0.25, -0.2) is 17.4 Å². The predicted molar refractivity (Wildman–Crippen MR) is 84.5 cm³/mol. The fourth-order valence-corrected chi connectivity index (χ4v) is 3.29. The standard InChI is InChI=1S/C14H19BrF3NO2S/c1-13(2,22(19)21)8-14(5-6-20,12(17)18)10-7-9(15)3-4-11(10)16/h3-4,7,12,20H,5-6,8,19H2,1-2H3/t14-,22?/m0/s1. The van der Waals surface area contributed by atoms with Gasteiger partial charge < -0.3 is 5.11 Å². The molecule has 0 radical (unpaired) electrons. The Balaban J connectivity index is 3.51. The maximum atomic E-state index is 14.2. The summed E-state index contributed by atoms with van der Waals surface area (Å²) in [7, 11) is -1.88. The van der Waals surface area contributed by atoms with Crippen molar-refractivity contribution < 1.29 is 22.5 Å². The Morgan fingerprint density at radius 2 is 2.00 bits per heavy atom. The number of nitrogens with two attached hydrogens (primary N) is 1. The highest BCUT2D eigenvalue weighted by atomic mass is 79.9. The van der Waals surface area contributed by atoms with Crippen LogP contribution in [0.5, 0.6) is 0 Å². The van der Waals surface area contributed by atoms with E-state index in [2.05, 4.69) is 15.9 Å². The van der Waals surface area contributed by atoms with Crippen LogP contribution in [-0.4, -0.2) is 27.1 Å². The summed E-state index contributed by atoms with van der Waals surface area (Å²) in [6.45, 7) is 2.41. The van der Waals surface area contributed by atoms with E-state index < -0.39 is 40.0 Å². The number of hydrogen-bond acceptors (Lipinski definition) is 2. The lowest BCUT2D eigenvalue weighted by molar-refractivity contribution is 0.0204. The summed E-state index contributed by atoms with van der Waals surface area (Å²) < 4.78 is 52.9. The number of aliphatic hydroxyl groups excluding tert-OH is 1. The summed E-state index contributed by atoms with van der Waals surface area (Å²) >= 11 is 3.14. The van der Waals surface area contributed by atoms with Gasteiger partial charge in [-0.05, 0) is 44.9 Å². The molecule has 0 spiro atoms. The van der Waals surface area contributed by atoms with Crippen molar-refractivity contribution in [1.29, 1.82) is 0 Å². The molecule has 126 valence electrons. The van der Waals surface area contributed by atoms with Crippen LogP contribution in [0.15, 0.2) is 22.7 Å². The van der Waals surface area contributed by atoms with E-state index in [1.54, 1.807) is 0 Å². The summed E-state index contributed by atoms with van der Waals surface area (Å²) in [5.74, 6) is -0.796. The molecule has 1 aromatic rings. The second-order valence-electron chi connectivity index (χ2n) is 5.79. The van der Waals surface area contributed by atoms with Crippen LogP contribution >= 0.6 is 15.9 Å². The number of halogens is 4. The number of alkyl halides is 2. The summed E-state index contributed by atoms with van der Waals surface area (Å²) in [5.41, 5.74) is -2.19. The van der Waals surface area contributed by atoms with Gasteiger partial charge in [-0.1, -0.05) is 15.9 Å². The van der Waals surface area contributed by atoms with E-state index in [1.165, 1.54) is 26.0 Å². The van der Waals surface area contributed by atoms with Crippen LogP contribution in [0.1, 0.15) is 32.3 Å². The Labute approximate surface area is 138 Å². The van der Waals surface area contributed by atoms with E-state index >= 15 is 0 Å². The maximum absolute atomic E-state index is 14.2. The number of hydrogen-bond donors (Lipinski definition) is 2. The smallest absolute Gasteiger partial charge is 0.248 e. The Morgan fingerprint density at radius 3 is 2.45 bits per heavy atom. The molecule has 0 bridgehead atoms. The Bertz CT molecular complexity index is 557. The Kier molecular flexibility index (Phi) is 6.61. The average molecular weight is 402 g/mol. The van der Waals surface area contributed by atoms with Crippen molar-refractivity contribution in [1.82, 2.24) is 0 Å². The summed E-state index contributed by atoms with van der Waals surface area (Å²) in [6.07, 6.45) is -3.64. The molecule has 1 rings (SSSR count). The number of aliphatic hydroxyl groups is 1. The van der Waals surface area contributed by atoms with Gasteiger partial charge in [0.15, 0.2) is 0 Å². The van der Waals surface area contributed by atoms with Crippen LogP contribution in [0, 0.1) is 5.82 Å². The molecule has 0 saturated heterocycles. The fourth-order valence-electron chi connectivity index (χ4n) is 2.53. The first-order chi connectivity index (χ1) is 10.1. The first kappa shape index (κ1) is 19.6. The van der Waals surface area contributed by atoms with E-state index in [1.807, 2.05) is 0 Å². The highest BCUT2D eigenvalue weighted by Crippen LogP contribution is 2.44. The van der Waals surface area contributed by atoms with E-state index in [-0.39, 0.29) is 18.4 Å². The van der Waals surface area contributed by atoms with E-state index in [9.17, 15) is 22.5 Å². The molecule has 3 nitrogen and oxygen atoms in total. The van der Waals surface area contributed by atoms with E-state index in [4.69, 9.17) is 5.14 Å². The predicted octanol–water partition coefficient (Wildman–Crippen LogP) is 3.26. The van der Waals surface area contributed by atoms with Crippen LogP contribution < -0.4 is 5.14 Å². The van der Waals surface area contributed by atoms with Gasteiger partial charge in [-0.3, -0.25) is 5.14 Å². The summed E-state index contributed by atoms with van der Waals surface area (Å²) in [5, 5.41) is 14.6. The van der Waals surface area contributed by atoms with Crippen LogP contribution in [0.25, 0.3) is 0 Å². The molecule has 0 amide bonds. The van der Waals surface area contributed by atoms with Crippen LogP contribution in [0.2, 0.25) is 0 Å². The van der Waals surface area contributed by atoms with Gasteiger partial charge in [0.1, 0.15) is 5.82 Å². The molecule has 0 fully saturated rings. The Hall–Kier alpha value is -0.440. The molecule has 0 aromatic heterocycles. The zero-order valence-corrected chi connectivity index (χ0v) is 14.7. The Morgan fingerprint density at radius 1 is 1.41 bits per heavy atom. The molecule has 0 saturated carbocycles. The molecule has 0 aliphatic heterocycles. The van der Waals surface area contributed by atoms with Crippen molar-refractivity contribution in [3.63, 3.8) is 0 Å². The average Bonchev–Trinajstić information content (AvgIpc) is 2.40. The molecule has 0 aliphatic rings. The number of benzene rings is 1. The second-order valence-corrected chi connectivity index (χ2v) is 8.40. The third-order valence-electron chi connectivity index (χ3n) is 3.73. The van der Waals surface area contributed by atoms with Gasteiger partial charge in [0.05, 0.1) is 21.1 Å². The monoisotopic (exact) mass is 401 g/mol. The highest BCUT2D eigenvalue weighted by molar-refractivity contribution is 9.10. The zero-order chi connectivity index (χ0) is 17.1. The van der Waals surface area contributed by atoms with Gasteiger partial charge >= 0.3 is 0 Å². The second kappa shape index (κ2) is 7.42. The first-order valence-corrected chi connectivity index (χ1v) is 8.58. The zero-order valence-electron chi connectivity index (χ0n) is 12.3. The topological polar surface area (TPSA) is 63.3 Å². The van der Waals surface area contributed by atoms with Crippen LogP contribution in [0.4, 0.5) is 13.2 Å². The van der Waals surface area contributed by atoms with Gasteiger partial charge in [-0.15, -0.1) is 0 Å².